The van der Waals surface area contributed by atoms with E-state index in [1.54, 1.807) is 11.8 Å². The lowest BCUT2D eigenvalue weighted by Gasteiger charge is -2.24. The van der Waals surface area contributed by atoms with Crippen LogP contribution in [-0.4, -0.2) is 30.2 Å². The lowest BCUT2D eigenvalue weighted by atomic mass is 10.2. The molecule has 0 bridgehead atoms. The van der Waals surface area contributed by atoms with Gasteiger partial charge in [-0.05, 0) is 17.7 Å². The van der Waals surface area contributed by atoms with Crippen LogP contribution in [0, 0.1) is 0 Å². The summed E-state index contributed by atoms with van der Waals surface area (Å²) < 4.78 is 5.69. The second-order valence-corrected chi connectivity index (χ2v) is 6.41. The number of para-hydroxylation sites is 1. The highest BCUT2D eigenvalue weighted by atomic mass is 32.2. The Bertz CT molecular complexity index is 721. The van der Waals surface area contributed by atoms with Crippen LogP contribution in [0.25, 0.3) is 0 Å². The minimum Gasteiger partial charge on any atom is -0.479 e. The van der Waals surface area contributed by atoms with Gasteiger partial charge in [0, 0.05) is 17.2 Å². The van der Waals surface area contributed by atoms with E-state index >= 15 is 0 Å². The van der Waals surface area contributed by atoms with Gasteiger partial charge < -0.3 is 15.4 Å². The standard InChI is InChI=1S/C18H18N2O3S/c21-17(19-10-13-6-2-1-3-7-13)11-20-18(22)15-12-24-16-9-5-4-8-14(16)23-15/h1-9,15H,10-12H2,(H,19,21)(H,20,22)/t15-/m1/s1. The predicted molar refractivity (Wildman–Crippen MR) is 92.9 cm³/mol. The SMILES string of the molecule is O=C(CNC(=O)[C@H]1CSc2ccccc2O1)NCc1ccccc1. The number of amides is 2. The summed E-state index contributed by atoms with van der Waals surface area (Å²) >= 11 is 1.58. The number of rotatable bonds is 5. The van der Waals surface area contributed by atoms with E-state index < -0.39 is 6.10 Å². The normalized spacial score (nSPS) is 15.8. The van der Waals surface area contributed by atoms with E-state index in [0.29, 0.717) is 18.0 Å². The van der Waals surface area contributed by atoms with Gasteiger partial charge in [0.2, 0.25) is 5.91 Å². The van der Waals surface area contributed by atoms with Crippen molar-refractivity contribution in [1.82, 2.24) is 10.6 Å². The molecule has 1 heterocycles. The zero-order valence-electron chi connectivity index (χ0n) is 13.0. The second-order valence-electron chi connectivity index (χ2n) is 5.34. The molecule has 0 saturated carbocycles. The van der Waals surface area contributed by atoms with Gasteiger partial charge in [0.1, 0.15) is 5.75 Å². The molecular weight excluding hydrogens is 324 g/mol. The molecule has 0 saturated heterocycles. The van der Waals surface area contributed by atoms with E-state index in [1.807, 2.05) is 54.6 Å². The molecule has 1 atom stereocenters. The molecule has 1 aliphatic rings. The summed E-state index contributed by atoms with van der Waals surface area (Å²) in [5.74, 6) is 0.749. The third kappa shape index (κ3) is 4.29. The number of carbonyl (C=O) groups is 2. The molecule has 0 spiro atoms. The molecule has 0 unspecified atom stereocenters. The summed E-state index contributed by atoms with van der Waals surface area (Å²) in [5, 5.41) is 5.40. The largest absolute Gasteiger partial charge is 0.479 e. The van der Waals surface area contributed by atoms with Crippen LogP contribution in [0.2, 0.25) is 0 Å². The van der Waals surface area contributed by atoms with Gasteiger partial charge in [-0.1, -0.05) is 42.5 Å². The lowest BCUT2D eigenvalue weighted by Crippen LogP contribution is -2.45. The van der Waals surface area contributed by atoms with Crippen molar-refractivity contribution in [3.8, 4) is 5.75 Å². The van der Waals surface area contributed by atoms with E-state index in [1.165, 1.54) is 0 Å². The first-order valence-corrected chi connectivity index (χ1v) is 8.68. The number of thioether (sulfide) groups is 1. The number of hydrogen-bond acceptors (Lipinski definition) is 4. The summed E-state index contributed by atoms with van der Waals surface area (Å²) in [6.45, 7) is 0.385. The number of carbonyl (C=O) groups excluding carboxylic acids is 2. The fourth-order valence-corrected chi connectivity index (χ4v) is 3.27. The van der Waals surface area contributed by atoms with Gasteiger partial charge in [-0.25, -0.2) is 0 Å². The quantitative estimate of drug-likeness (QED) is 0.872. The fourth-order valence-electron chi connectivity index (χ4n) is 2.29. The molecule has 2 amide bonds. The van der Waals surface area contributed by atoms with Crippen molar-refractivity contribution in [3.63, 3.8) is 0 Å². The van der Waals surface area contributed by atoms with E-state index in [4.69, 9.17) is 4.74 Å². The molecule has 124 valence electrons. The van der Waals surface area contributed by atoms with Crippen molar-refractivity contribution in [3.05, 3.63) is 60.2 Å². The first-order chi connectivity index (χ1) is 11.7. The highest BCUT2D eigenvalue weighted by molar-refractivity contribution is 7.99. The molecule has 3 rings (SSSR count). The molecule has 2 N–H and O–H groups in total. The number of nitrogens with one attached hydrogen (secondary N) is 2. The van der Waals surface area contributed by atoms with Crippen LogP contribution in [0.1, 0.15) is 5.56 Å². The first-order valence-electron chi connectivity index (χ1n) is 7.69. The average molecular weight is 342 g/mol. The summed E-state index contributed by atoms with van der Waals surface area (Å²) in [6, 6.07) is 17.2. The van der Waals surface area contributed by atoms with Crippen LogP contribution in [0.15, 0.2) is 59.5 Å². The first kappa shape index (κ1) is 16.4. The summed E-state index contributed by atoms with van der Waals surface area (Å²) in [4.78, 5) is 25.0. The molecule has 0 radical (unpaired) electrons. The Labute approximate surface area is 144 Å². The Morgan fingerprint density at radius 1 is 1.04 bits per heavy atom. The molecule has 0 aliphatic carbocycles. The molecule has 1 aliphatic heterocycles. The van der Waals surface area contributed by atoms with Gasteiger partial charge in [-0.15, -0.1) is 11.8 Å². The molecule has 0 aromatic heterocycles. The maximum atomic E-state index is 12.2. The van der Waals surface area contributed by atoms with Crippen LogP contribution in [0.3, 0.4) is 0 Å². The number of hydrogen-bond donors (Lipinski definition) is 2. The van der Waals surface area contributed by atoms with Crippen molar-refractivity contribution in [2.45, 2.75) is 17.5 Å². The third-order valence-electron chi connectivity index (χ3n) is 3.56. The zero-order chi connectivity index (χ0) is 16.8. The van der Waals surface area contributed by atoms with E-state index in [2.05, 4.69) is 10.6 Å². The van der Waals surface area contributed by atoms with Gasteiger partial charge in [-0.3, -0.25) is 9.59 Å². The van der Waals surface area contributed by atoms with Crippen molar-refractivity contribution >= 4 is 23.6 Å². The van der Waals surface area contributed by atoms with Crippen molar-refractivity contribution in [2.75, 3.05) is 12.3 Å². The minimum absolute atomic E-state index is 0.0577. The molecule has 6 heteroatoms. The summed E-state index contributed by atoms with van der Waals surface area (Å²) in [7, 11) is 0. The van der Waals surface area contributed by atoms with E-state index in [9.17, 15) is 9.59 Å². The maximum absolute atomic E-state index is 12.2. The number of fused-ring (bicyclic) bond motifs is 1. The summed E-state index contributed by atoms with van der Waals surface area (Å²) in [5.41, 5.74) is 1.01. The zero-order valence-corrected chi connectivity index (χ0v) is 13.8. The molecule has 2 aromatic rings. The smallest absolute Gasteiger partial charge is 0.262 e. The monoisotopic (exact) mass is 342 g/mol. The predicted octanol–water partition coefficient (Wildman–Crippen LogP) is 1.97. The van der Waals surface area contributed by atoms with Crippen LogP contribution < -0.4 is 15.4 Å². The fraction of sp³-hybridized carbons (Fsp3) is 0.222. The lowest BCUT2D eigenvalue weighted by molar-refractivity contribution is -0.130. The summed E-state index contributed by atoms with van der Waals surface area (Å²) in [6.07, 6.45) is -0.577. The van der Waals surface area contributed by atoms with Crippen LogP contribution >= 0.6 is 11.8 Å². The average Bonchev–Trinajstić information content (AvgIpc) is 2.65. The Hall–Kier alpha value is -2.47. The Morgan fingerprint density at radius 3 is 2.62 bits per heavy atom. The van der Waals surface area contributed by atoms with E-state index in [-0.39, 0.29) is 18.4 Å². The van der Waals surface area contributed by atoms with Gasteiger partial charge in [0.15, 0.2) is 6.10 Å². The topological polar surface area (TPSA) is 67.4 Å². The number of ether oxygens (including phenoxy) is 1. The van der Waals surface area contributed by atoms with Gasteiger partial charge in [-0.2, -0.15) is 0 Å². The second kappa shape index (κ2) is 7.88. The van der Waals surface area contributed by atoms with Gasteiger partial charge in [0.25, 0.3) is 5.91 Å². The third-order valence-corrected chi connectivity index (χ3v) is 4.67. The molecule has 24 heavy (non-hydrogen) atoms. The van der Waals surface area contributed by atoms with Gasteiger partial charge in [0.05, 0.1) is 6.54 Å². The van der Waals surface area contributed by atoms with Crippen molar-refractivity contribution in [1.29, 1.82) is 0 Å². The van der Waals surface area contributed by atoms with E-state index in [0.717, 1.165) is 10.5 Å². The number of benzene rings is 2. The molecule has 2 aromatic carbocycles. The molecule has 0 fully saturated rings. The van der Waals surface area contributed by atoms with Crippen LogP contribution in [0.5, 0.6) is 5.75 Å². The highest BCUT2D eigenvalue weighted by Crippen LogP contribution is 2.34. The maximum Gasteiger partial charge on any atom is 0.262 e. The van der Waals surface area contributed by atoms with Crippen molar-refractivity contribution in [2.24, 2.45) is 0 Å². The highest BCUT2D eigenvalue weighted by Gasteiger charge is 2.26. The van der Waals surface area contributed by atoms with Gasteiger partial charge >= 0.3 is 0 Å². The van der Waals surface area contributed by atoms with Crippen molar-refractivity contribution < 1.29 is 14.3 Å². The van der Waals surface area contributed by atoms with Crippen LogP contribution in [0.4, 0.5) is 0 Å². The Balaban J connectivity index is 1.43. The van der Waals surface area contributed by atoms with Crippen LogP contribution in [-0.2, 0) is 16.1 Å². The minimum atomic E-state index is -0.577. The molecule has 5 nitrogen and oxygen atoms in total. The molecular formula is C18H18N2O3S. The Kier molecular flexibility index (Phi) is 5.38. The Morgan fingerprint density at radius 2 is 1.79 bits per heavy atom.